The van der Waals surface area contributed by atoms with E-state index < -0.39 is 10.0 Å². The van der Waals surface area contributed by atoms with E-state index in [2.05, 4.69) is 16.6 Å². The Morgan fingerprint density at radius 2 is 2.19 bits per heavy atom. The molecule has 1 aromatic carbocycles. The fourth-order valence-corrected chi connectivity index (χ4v) is 2.55. The summed E-state index contributed by atoms with van der Waals surface area (Å²) in [4.78, 5) is 12.0. The summed E-state index contributed by atoms with van der Waals surface area (Å²) in [7, 11) is -3.64. The molecule has 0 aromatic heterocycles. The molecule has 6 nitrogen and oxygen atoms in total. The van der Waals surface area contributed by atoms with Crippen LogP contribution < -0.4 is 15.8 Å². The summed E-state index contributed by atoms with van der Waals surface area (Å²) in [6.07, 6.45) is 1.45. The number of nitrogens with two attached hydrogens (primary N) is 1. The Balaban J connectivity index is 2.85. The van der Waals surface area contributed by atoms with Crippen molar-refractivity contribution in [3.8, 4) is 0 Å². The first-order chi connectivity index (χ1) is 9.90. The summed E-state index contributed by atoms with van der Waals surface area (Å²) in [6.45, 7) is 6.42. The van der Waals surface area contributed by atoms with E-state index in [0.29, 0.717) is 18.7 Å². The van der Waals surface area contributed by atoms with Crippen LogP contribution in [0.5, 0.6) is 0 Å². The van der Waals surface area contributed by atoms with Crippen molar-refractivity contribution in [2.75, 3.05) is 19.6 Å². The number of hydrogen-bond donors (Lipinski definition) is 3. The number of rotatable bonds is 8. The van der Waals surface area contributed by atoms with Crippen LogP contribution in [0.2, 0.25) is 0 Å². The van der Waals surface area contributed by atoms with Gasteiger partial charge in [0.25, 0.3) is 5.91 Å². The van der Waals surface area contributed by atoms with Crippen LogP contribution in [0.25, 0.3) is 0 Å². The lowest BCUT2D eigenvalue weighted by Crippen LogP contribution is -2.31. The monoisotopic (exact) mass is 311 g/mol. The van der Waals surface area contributed by atoms with E-state index in [4.69, 9.17) is 5.73 Å². The van der Waals surface area contributed by atoms with E-state index >= 15 is 0 Å². The van der Waals surface area contributed by atoms with E-state index in [-0.39, 0.29) is 23.3 Å². The number of sulfonamides is 1. The zero-order valence-electron chi connectivity index (χ0n) is 12.0. The smallest absolute Gasteiger partial charge is 0.251 e. The molecular weight excluding hydrogens is 290 g/mol. The molecule has 1 rings (SSSR count). The van der Waals surface area contributed by atoms with Crippen LogP contribution in [0.3, 0.4) is 0 Å². The molecule has 0 fully saturated rings. The Morgan fingerprint density at radius 1 is 1.48 bits per heavy atom. The predicted octanol–water partition coefficient (Wildman–Crippen LogP) is 0.476. The Labute approximate surface area is 125 Å². The molecule has 0 heterocycles. The normalized spacial score (nSPS) is 12.7. The van der Waals surface area contributed by atoms with Gasteiger partial charge in [0.2, 0.25) is 10.0 Å². The van der Waals surface area contributed by atoms with Crippen molar-refractivity contribution in [1.29, 1.82) is 0 Å². The molecule has 0 saturated heterocycles. The fourth-order valence-electron chi connectivity index (χ4n) is 1.51. The molecule has 21 heavy (non-hydrogen) atoms. The molecule has 0 aliphatic heterocycles. The van der Waals surface area contributed by atoms with Crippen LogP contribution in [0.4, 0.5) is 0 Å². The molecule has 0 aliphatic rings. The van der Waals surface area contributed by atoms with Gasteiger partial charge in [-0.25, -0.2) is 13.1 Å². The fraction of sp³-hybridized carbons (Fsp3) is 0.357. The summed E-state index contributed by atoms with van der Waals surface area (Å²) in [5, 5.41) is 2.72. The summed E-state index contributed by atoms with van der Waals surface area (Å²) >= 11 is 0. The van der Waals surface area contributed by atoms with Gasteiger partial charge in [-0.3, -0.25) is 4.79 Å². The van der Waals surface area contributed by atoms with E-state index in [1.165, 1.54) is 24.3 Å². The second kappa shape index (κ2) is 7.92. The number of nitrogens with one attached hydrogen (secondary N) is 2. The van der Waals surface area contributed by atoms with Gasteiger partial charge in [-0.2, -0.15) is 0 Å². The number of hydrogen-bond acceptors (Lipinski definition) is 4. The second-order valence-corrected chi connectivity index (χ2v) is 6.49. The van der Waals surface area contributed by atoms with Gasteiger partial charge in [-0.1, -0.05) is 19.1 Å². The van der Waals surface area contributed by atoms with Crippen LogP contribution in [0.1, 0.15) is 17.3 Å². The Morgan fingerprint density at radius 3 is 2.81 bits per heavy atom. The van der Waals surface area contributed by atoms with E-state index in [0.717, 1.165) is 0 Å². The van der Waals surface area contributed by atoms with E-state index in [1.807, 2.05) is 6.92 Å². The lowest BCUT2D eigenvalue weighted by molar-refractivity contribution is 0.0948. The topological polar surface area (TPSA) is 101 Å². The minimum atomic E-state index is -3.64. The minimum absolute atomic E-state index is 0.0453. The van der Waals surface area contributed by atoms with Gasteiger partial charge >= 0.3 is 0 Å². The first kappa shape index (κ1) is 17.4. The number of amides is 1. The third-order valence-electron chi connectivity index (χ3n) is 2.84. The predicted molar refractivity (Wildman–Crippen MR) is 82.4 cm³/mol. The third-order valence-corrected chi connectivity index (χ3v) is 4.26. The first-order valence-electron chi connectivity index (χ1n) is 6.59. The van der Waals surface area contributed by atoms with E-state index in [1.54, 1.807) is 6.07 Å². The first-order valence-corrected chi connectivity index (χ1v) is 8.08. The van der Waals surface area contributed by atoms with Crippen LogP contribution >= 0.6 is 0 Å². The van der Waals surface area contributed by atoms with Crippen molar-refractivity contribution in [1.82, 2.24) is 10.0 Å². The maximum Gasteiger partial charge on any atom is 0.251 e. The molecule has 0 spiro atoms. The van der Waals surface area contributed by atoms with Crippen LogP contribution in [-0.2, 0) is 10.0 Å². The summed E-state index contributed by atoms with van der Waals surface area (Å²) in [5.41, 5.74) is 5.77. The summed E-state index contributed by atoms with van der Waals surface area (Å²) in [5.74, 6) is -0.161. The highest BCUT2D eigenvalue weighted by atomic mass is 32.2. The largest absolute Gasteiger partial charge is 0.352 e. The van der Waals surface area contributed by atoms with Gasteiger partial charge < -0.3 is 11.1 Å². The number of carbonyl (C=O) groups excluding carboxylic acids is 1. The maximum absolute atomic E-state index is 12.0. The number of benzene rings is 1. The van der Waals surface area contributed by atoms with Crippen molar-refractivity contribution >= 4 is 15.9 Å². The van der Waals surface area contributed by atoms with Gasteiger partial charge in [-0.05, 0) is 30.7 Å². The van der Waals surface area contributed by atoms with Crippen molar-refractivity contribution in [3.05, 3.63) is 42.5 Å². The molecule has 1 atom stereocenters. The van der Waals surface area contributed by atoms with Crippen molar-refractivity contribution < 1.29 is 13.2 Å². The Kier molecular flexibility index (Phi) is 6.54. The highest BCUT2D eigenvalue weighted by Gasteiger charge is 2.15. The SMILES string of the molecule is C=CCNS(=O)(=O)c1cccc(C(=O)NCC(C)CN)c1. The van der Waals surface area contributed by atoms with Gasteiger partial charge in [-0.15, -0.1) is 6.58 Å². The highest BCUT2D eigenvalue weighted by molar-refractivity contribution is 7.89. The average Bonchev–Trinajstić information content (AvgIpc) is 2.50. The molecular formula is C14H21N3O3S. The molecule has 4 N–H and O–H groups in total. The molecule has 1 amide bonds. The van der Waals surface area contributed by atoms with Gasteiger partial charge in [0.15, 0.2) is 0 Å². The molecule has 1 aromatic rings. The molecule has 7 heteroatoms. The Hall–Kier alpha value is -1.70. The molecule has 0 aliphatic carbocycles. The van der Waals surface area contributed by atoms with Crippen molar-refractivity contribution in [2.24, 2.45) is 11.7 Å². The van der Waals surface area contributed by atoms with Crippen LogP contribution in [0, 0.1) is 5.92 Å². The zero-order chi connectivity index (χ0) is 15.9. The molecule has 0 saturated carbocycles. The van der Waals surface area contributed by atoms with Crippen molar-refractivity contribution in [2.45, 2.75) is 11.8 Å². The molecule has 0 bridgehead atoms. The van der Waals surface area contributed by atoms with Gasteiger partial charge in [0, 0.05) is 18.7 Å². The summed E-state index contributed by atoms with van der Waals surface area (Å²) < 4.78 is 26.3. The Bertz CT molecular complexity index is 599. The maximum atomic E-state index is 12.0. The molecule has 0 radical (unpaired) electrons. The molecule has 1 unspecified atom stereocenters. The van der Waals surface area contributed by atoms with Crippen LogP contribution in [-0.4, -0.2) is 34.0 Å². The lowest BCUT2D eigenvalue weighted by Gasteiger charge is -2.11. The van der Waals surface area contributed by atoms with Gasteiger partial charge in [0.05, 0.1) is 4.90 Å². The van der Waals surface area contributed by atoms with Crippen LogP contribution in [0.15, 0.2) is 41.8 Å². The van der Waals surface area contributed by atoms with Gasteiger partial charge in [0.1, 0.15) is 0 Å². The third kappa shape index (κ3) is 5.30. The quantitative estimate of drug-likeness (QED) is 0.608. The second-order valence-electron chi connectivity index (χ2n) is 4.72. The van der Waals surface area contributed by atoms with E-state index in [9.17, 15) is 13.2 Å². The highest BCUT2D eigenvalue weighted by Crippen LogP contribution is 2.11. The molecule has 116 valence electrons. The lowest BCUT2D eigenvalue weighted by atomic mass is 10.1. The zero-order valence-corrected chi connectivity index (χ0v) is 12.8. The number of carbonyl (C=O) groups is 1. The summed E-state index contributed by atoms with van der Waals surface area (Å²) in [6, 6.07) is 5.87. The minimum Gasteiger partial charge on any atom is -0.352 e. The standard InChI is InChI=1S/C14H21N3O3S/c1-3-7-17-21(19,20)13-6-4-5-12(8-13)14(18)16-10-11(2)9-15/h3-6,8,11,17H,1,7,9-10,15H2,2H3,(H,16,18). The van der Waals surface area contributed by atoms with Crippen molar-refractivity contribution in [3.63, 3.8) is 0 Å². The average molecular weight is 311 g/mol.